The number of H-pyrrole nitrogens is 1. The van der Waals surface area contributed by atoms with Crippen molar-refractivity contribution >= 4 is 11.8 Å². The van der Waals surface area contributed by atoms with Crippen LogP contribution in [0.15, 0.2) is 42.5 Å². The molecule has 3 aromatic rings. The van der Waals surface area contributed by atoms with Crippen molar-refractivity contribution in [1.82, 2.24) is 20.4 Å². The van der Waals surface area contributed by atoms with Gasteiger partial charge in [0.15, 0.2) is 0 Å². The van der Waals surface area contributed by atoms with Gasteiger partial charge < -0.3 is 10.2 Å². The third-order valence-electron chi connectivity index (χ3n) is 6.71. The average Bonchev–Trinajstić information content (AvgIpc) is 3.32. The molecule has 2 heterocycles. The lowest BCUT2D eigenvalue weighted by atomic mass is 9.76. The standard InChI is InChI=1S/C26H28N4O2/c1-26(2)10-9-21-22(13-26)28-29-23(21)17-7-8-20-19(12-17)15-30(25(20)32)14-16-5-4-6-18(11-16)24(31)27-3/h4-8,11-12H,9-10,13-15H2,1-3H3,(H,27,31)(H,28,29). The van der Waals surface area contributed by atoms with Crippen molar-refractivity contribution in [2.24, 2.45) is 5.41 Å². The molecule has 2 amide bonds. The largest absolute Gasteiger partial charge is 0.355 e. The van der Waals surface area contributed by atoms with Crippen LogP contribution in [0.4, 0.5) is 0 Å². The van der Waals surface area contributed by atoms with Crippen LogP contribution >= 0.6 is 0 Å². The van der Waals surface area contributed by atoms with Crippen molar-refractivity contribution in [3.05, 3.63) is 76.0 Å². The first kappa shape index (κ1) is 20.5. The molecule has 0 radical (unpaired) electrons. The molecule has 0 saturated carbocycles. The molecule has 0 spiro atoms. The molecule has 2 N–H and O–H groups in total. The maximum Gasteiger partial charge on any atom is 0.254 e. The van der Waals surface area contributed by atoms with Crippen molar-refractivity contribution in [2.45, 2.75) is 46.2 Å². The van der Waals surface area contributed by atoms with Gasteiger partial charge in [0.2, 0.25) is 0 Å². The molecular weight excluding hydrogens is 400 g/mol. The SMILES string of the molecule is CNC(=O)c1cccc(CN2Cc3cc(-c4n[nH]c5c4CCC(C)(C)C5)ccc3C2=O)c1. The number of benzene rings is 2. The molecular formula is C26H28N4O2. The lowest BCUT2D eigenvalue weighted by Gasteiger charge is -2.29. The number of fused-ring (bicyclic) bond motifs is 2. The summed E-state index contributed by atoms with van der Waals surface area (Å²) in [5, 5.41) is 10.5. The molecule has 0 bridgehead atoms. The highest BCUT2D eigenvalue weighted by Crippen LogP contribution is 2.38. The molecule has 0 unspecified atom stereocenters. The summed E-state index contributed by atoms with van der Waals surface area (Å²) in [6.07, 6.45) is 3.19. The Balaban J connectivity index is 1.38. The lowest BCUT2D eigenvalue weighted by Crippen LogP contribution is -2.23. The predicted octanol–water partition coefficient (Wildman–Crippen LogP) is 4.11. The van der Waals surface area contributed by atoms with E-state index in [0.29, 0.717) is 24.1 Å². The Morgan fingerprint density at radius 3 is 2.88 bits per heavy atom. The normalized spacial score (nSPS) is 16.6. The highest BCUT2D eigenvalue weighted by Gasteiger charge is 2.31. The second kappa shape index (κ2) is 7.62. The molecule has 0 fully saturated rings. The number of nitrogens with zero attached hydrogens (tertiary/aromatic N) is 2. The fourth-order valence-electron chi connectivity index (χ4n) is 4.92. The van der Waals surface area contributed by atoms with Crippen LogP contribution in [0.3, 0.4) is 0 Å². The minimum Gasteiger partial charge on any atom is -0.355 e. The van der Waals surface area contributed by atoms with Gasteiger partial charge in [-0.1, -0.05) is 32.0 Å². The summed E-state index contributed by atoms with van der Waals surface area (Å²) in [6.45, 7) is 5.64. The van der Waals surface area contributed by atoms with Gasteiger partial charge in [0, 0.05) is 48.1 Å². The Kier molecular flexibility index (Phi) is 4.88. The van der Waals surface area contributed by atoms with E-state index in [1.54, 1.807) is 13.1 Å². The summed E-state index contributed by atoms with van der Waals surface area (Å²) in [5.41, 5.74) is 8.27. The van der Waals surface area contributed by atoms with Gasteiger partial charge >= 0.3 is 0 Å². The average molecular weight is 429 g/mol. The van der Waals surface area contributed by atoms with E-state index < -0.39 is 0 Å². The maximum absolute atomic E-state index is 13.0. The monoisotopic (exact) mass is 428 g/mol. The molecule has 0 saturated heterocycles. The zero-order valence-corrected chi connectivity index (χ0v) is 18.8. The van der Waals surface area contributed by atoms with Gasteiger partial charge in [0.1, 0.15) is 0 Å². The first-order valence-corrected chi connectivity index (χ1v) is 11.1. The van der Waals surface area contributed by atoms with E-state index in [2.05, 4.69) is 35.4 Å². The van der Waals surface area contributed by atoms with E-state index >= 15 is 0 Å². The third kappa shape index (κ3) is 3.60. The Morgan fingerprint density at radius 1 is 1.22 bits per heavy atom. The van der Waals surface area contributed by atoms with E-state index in [9.17, 15) is 9.59 Å². The number of carbonyl (C=O) groups is 2. The van der Waals surface area contributed by atoms with Crippen LogP contribution in [-0.4, -0.2) is 34.0 Å². The molecule has 1 aromatic heterocycles. The Morgan fingerprint density at radius 2 is 2.06 bits per heavy atom. The Bertz CT molecular complexity index is 1220. The van der Waals surface area contributed by atoms with Crippen LogP contribution in [-0.2, 0) is 25.9 Å². The topological polar surface area (TPSA) is 78.1 Å². The van der Waals surface area contributed by atoms with E-state index in [1.165, 1.54) is 11.3 Å². The summed E-state index contributed by atoms with van der Waals surface area (Å²) in [7, 11) is 1.62. The quantitative estimate of drug-likeness (QED) is 0.657. The summed E-state index contributed by atoms with van der Waals surface area (Å²) in [5.74, 6) is -0.0963. The van der Waals surface area contributed by atoms with Crippen molar-refractivity contribution in [2.75, 3.05) is 7.05 Å². The van der Waals surface area contributed by atoms with Crippen LogP contribution < -0.4 is 5.32 Å². The summed E-state index contributed by atoms with van der Waals surface area (Å²) >= 11 is 0. The van der Waals surface area contributed by atoms with Gasteiger partial charge in [-0.3, -0.25) is 14.7 Å². The number of hydrogen-bond donors (Lipinski definition) is 2. The second-order valence-electron chi connectivity index (χ2n) is 9.68. The van der Waals surface area contributed by atoms with Crippen molar-refractivity contribution in [1.29, 1.82) is 0 Å². The van der Waals surface area contributed by atoms with Crippen LogP contribution in [0.1, 0.15) is 63.4 Å². The van der Waals surface area contributed by atoms with Gasteiger partial charge in [-0.25, -0.2) is 0 Å². The fraction of sp³-hybridized carbons (Fsp3) is 0.346. The molecule has 6 heteroatoms. The molecule has 6 nitrogen and oxygen atoms in total. The number of aromatic nitrogens is 2. The van der Waals surface area contributed by atoms with Crippen molar-refractivity contribution in [3.8, 4) is 11.3 Å². The predicted molar refractivity (Wildman–Crippen MR) is 123 cm³/mol. The maximum atomic E-state index is 13.0. The summed E-state index contributed by atoms with van der Waals surface area (Å²) < 4.78 is 0. The minimum atomic E-state index is -0.127. The number of rotatable bonds is 4. The molecule has 5 rings (SSSR count). The first-order valence-electron chi connectivity index (χ1n) is 11.1. The van der Waals surface area contributed by atoms with Gasteiger partial charge in [0.05, 0.1) is 5.69 Å². The molecule has 164 valence electrons. The highest BCUT2D eigenvalue weighted by molar-refractivity contribution is 5.99. The Labute approximate surface area is 188 Å². The number of aromatic amines is 1. The number of hydrogen-bond acceptors (Lipinski definition) is 3. The zero-order chi connectivity index (χ0) is 22.5. The van der Waals surface area contributed by atoms with Gasteiger partial charge in [0.25, 0.3) is 11.8 Å². The van der Waals surface area contributed by atoms with E-state index in [4.69, 9.17) is 0 Å². The fourth-order valence-corrected chi connectivity index (χ4v) is 4.92. The summed E-state index contributed by atoms with van der Waals surface area (Å²) in [6, 6.07) is 13.5. The summed E-state index contributed by atoms with van der Waals surface area (Å²) in [4.78, 5) is 26.8. The first-order chi connectivity index (χ1) is 15.3. The van der Waals surface area contributed by atoms with Crippen LogP contribution in [0.25, 0.3) is 11.3 Å². The van der Waals surface area contributed by atoms with E-state index in [-0.39, 0.29) is 11.8 Å². The van der Waals surface area contributed by atoms with E-state index in [1.807, 2.05) is 35.2 Å². The van der Waals surface area contributed by atoms with Crippen LogP contribution in [0.2, 0.25) is 0 Å². The molecule has 2 aliphatic rings. The van der Waals surface area contributed by atoms with Gasteiger partial charge in [-0.05, 0) is 60.1 Å². The molecule has 0 atom stereocenters. The molecule has 1 aliphatic heterocycles. The number of nitrogens with one attached hydrogen (secondary N) is 2. The zero-order valence-electron chi connectivity index (χ0n) is 18.8. The smallest absolute Gasteiger partial charge is 0.254 e. The van der Waals surface area contributed by atoms with Crippen LogP contribution in [0.5, 0.6) is 0 Å². The van der Waals surface area contributed by atoms with Gasteiger partial charge in [-0.15, -0.1) is 0 Å². The van der Waals surface area contributed by atoms with Crippen molar-refractivity contribution in [3.63, 3.8) is 0 Å². The number of amides is 2. The third-order valence-corrected chi connectivity index (χ3v) is 6.71. The second-order valence-corrected chi connectivity index (χ2v) is 9.68. The van der Waals surface area contributed by atoms with Gasteiger partial charge in [-0.2, -0.15) is 5.10 Å². The van der Waals surface area contributed by atoms with Crippen molar-refractivity contribution < 1.29 is 9.59 Å². The van der Waals surface area contributed by atoms with E-state index in [0.717, 1.165) is 47.2 Å². The number of carbonyl (C=O) groups excluding carboxylic acids is 2. The minimum absolute atomic E-state index is 0.0303. The lowest BCUT2D eigenvalue weighted by molar-refractivity contribution is 0.0766. The van der Waals surface area contributed by atoms with Crippen LogP contribution in [0, 0.1) is 5.41 Å². The Hall–Kier alpha value is -3.41. The molecule has 1 aliphatic carbocycles. The highest BCUT2D eigenvalue weighted by atomic mass is 16.2. The molecule has 32 heavy (non-hydrogen) atoms. The molecule has 2 aromatic carbocycles.